The molecule has 0 aliphatic carbocycles. The summed E-state index contributed by atoms with van der Waals surface area (Å²) in [4.78, 5) is 17.5. The molecular weight excluding hydrogens is 316 g/mol. The van der Waals surface area contributed by atoms with Gasteiger partial charge in [0, 0.05) is 16.0 Å². The Labute approximate surface area is 139 Å². The molecule has 1 amide bonds. The third kappa shape index (κ3) is 4.78. The quantitative estimate of drug-likeness (QED) is 0.817. The number of nitrogens with zero attached hydrogens (tertiary/aromatic N) is 2. The zero-order chi connectivity index (χ0) is 16.2. The minimum atomic E-state index is -0.0771. The zero-order valence-electron chi connectivity index (χ0n) is 13.1. The van der Waals surface area contributed by atoms with E-state index in [1.165, 1.54) is 11.8 Å². The average Bonchev–Trinajstić information content (AvgIpc) is 2.94. The van der Waals surface area contributed by atoms with Gasteiger partial charge in [-0.25, -0.2) is 4.98 Å². The topological polar surface area (TPSA) is 70.7 Å². The van der Waals surface area contributed by atoms with Gasteiger partial charge in [-0.15, -0.1) is 16.9 Å². The summed E-state index contributed by atoms with van der Waals surface area (Å²) in [7, 11) is 0. The van der Waals surface area contributed by atoms with Crippen molar-refractivity contribution in [1.82, 2.24) is 15.2 Å². The molecule has 0 aliphatic rings. The van der Waals surface area contributed by atoms with Gasteiger partial charge in [-0.3, -0.25) is 9.89 Å². The summed E-state index contributed by atoms with van der Waals surface area (Å²) in [5.41, 5.74) is 0.731. The molecule has 1 heterocycles. The Balaban J connectivity index is 1.88. The molecule has 2 rings (SSSR count). The largest absolute Gasteiger partial charge is 0.325 e. The summed E-state index contributed by atoms with van der Waals surface area (Å²) in [6.07, 6.45) is 2.01. The van der Waals surface area contributed by atoms with Gasteiger partial charge < -0.3 is 5.32 Å². The van der Waals surface area contributed by atoms with Crippen molar-refractivity contribution >= 4 is 35.1 Å². The fourth-order valence-corrected chi connectivity index (χ4v) is 2.73. The maximum Gasteiger partial charge on any atom is 0.234 e. The van der Waals surface area contributed by atoms with Crippen molar-refractivity contribution in [2.45, 2.75) is 36.2 Å². The Bertz CT molecular complexity index is 649. The van der Waals surface area contributed by atoms with Crippen LogP contribution in [0.15, 0.2) is 34.3 Å². The molecule has 0 bridgehead atoms. The van der Waals surface area contributed by atoms with Crippen LogP contribution in [0.1, 0.15) is 26.6 Å². The molecule has 1 aromatic carbocycles. The zero-order valence-corrected chi connectivity index (χ0v) is 14.8. The highest BCUT2D eigenvalue weighted by Crippen LogP contribution is 2.22. The van der Waals surface area contributed by atoms with Crippen molar-refractivity contribution in [3.8, 4) is 0 Å². The first-order chi connectivity index (χ1) is 10.4. The number of hydrogen-bond acceptors (Lipinski definition) is 5. The van der Waals surface area contributed by atoms with Crippen LogP contribution in [0.2, 0.25) is 0 Å². The molecule has 2 aromatic rings. The first-order valence-corrected chi connectivity index (χ1v) is 9.09. The Kier molecular flexibility index (Phi) is 5.52. The molecule has 22 heavy (non-hydrogen) atoms. The van der Waals surface area contributed by atoms with Crippen LogP contribution in [-0.4, -0.2) is 33.1 Å². The number of carbonyl (C=O) groups is 1. The number of aromatic amines is 1. The van der Waals surface area contributed by atoms with Gasteiger partial charge in [0.05, 0.1) is 5.75 Å². The number of aromatic nitrogens is 3. The molecule has 0 saturated carbocycles. The summed E-state index contributed by atoms with van der Waals surface area (Å²) in [6, 6.07) is 7.78. The van der Waals surface area contributed by atoms with E-state index in [-0.39, 0.29) is 17.1 Å². The summed E-state index contributed by atoms with van der Waals surface area (Å²) < 4.78 is 0. The minimum Gasteiger partial charge on any atom is -0.325 e. The molecular formula is C15H20N4OS2. The van der Waals surface area contributed by atoms with Gasteiger partial charge in [-0.2, -0.15) is 0 Å². The number of anilines is 1. The van der Waals surface area contributed by atoms with E-state index in [4.69, 9.17) is 0 Å². The third-order valence-corrected chi connectivity index (χ3v) is 4.43. The fraction of sp³-hybridized carbons (Fsp3) is 0.400. The maximum atomic E-state index is 12.0. The standard InChI is InChI=1S/C15H20N4OS2/c1-15(2,3)13-17-14(19-18-13)22-9-12(20)16-10-6-5-7-11(8-10)21-4/h5-8H,9H2,1-4H3,(H,16,20)(H,17,18,19). The van der Waals surface area contributed by atoms with E-state index >= 15 is 0 Å². The van der Waals surface area contributed by atoms with Crippen LogP contribution in [0.5, 0.6) is 0 Å². The molecule has 0 saturated heterocycles. The van der Waals surface area contributed by atoms with Crippen molar-refractivity contribution in [3.05, 3.63) is 30.1 Å². The molecule has 118 valence electrons. The van der Waals surface area contributed by atoms with Crippen LogP contribution < -0.4 is 5.32 Å². The first kappa shape index (κ1) is 16.9. The highest BCUT2D eigenvalue weighted by atomic mass is 32.2. The van der Waals surface area contributed by atoms with Crippen LogP contribution in [-0.2, 0) is 10.2 Å². The molecule has 1 aromatic heterocycles. The van der Waals surface area contributed by atoms with Gasteiger partial charge in [0.15, 0.2) is 0 Å². The number of H-pyrrole nitrogens is 1. The lowest BCUT2D eigenvalue weighted by molar-refractivity contribution is -0.113. The first-order valence-electron chi connectivity index (χ1n) is 6.88. The van der Waals surface area contributed by atoms with E-state index in [1.54, 1.807) is 11.8 Å². The normalized spacial score (nSPS) is 11.5. The number of carbonyl (C=O) groups excluding carboxylic acids is 1. The molecule has 0 fully saturated rings. The lowest BCUT2D eigenvalue weighted by Crippen LogP contribution is -2.14. The van der Waals surface area contributed by atoms with Crippen molar-refractivity contribution < 1.29 is 4.79 Å². The second-order valence-electron chi connectivity index (χ2n) is 5.79. The molecule has 0 radical (unpaired) electrons. The highest BCUT2D eigenvalue weighted by molar-refractivity contribution is 7.99. The molecule has 0 unspecified atom stereocenters. The minimum absolute atomic E-state index is 0.0645. The van der Waals surface area contributed by atoms with Gasteiger partial charge in [-0.1, -0.05) is 38.6 Å². The molecule has 5 nitrogen and oxygen atoms in total. The van der Waals surface area contributed by atoms with Crippen molar-refractivity contribution in [2.75, 3.05) is 17.3 Å². The van der Waals surface area contributed by atoms with Crippen molar-refractivity contribution in [3.63, 3.8) is 0 Å². The Hall–Kier alpha value is -1.47. The smallest absolute Gasteiger partial charge is 0.234 e. The van der Waals surface area contributed by atoms with Gasteiger partial charge >= 0.3 is 0 Å². The Morgan fingerprint density at radius 3 is 2.77 bits per heavy atom. The number of hydrogen-bond donors (Lipinski definition) is 2. The van der Waals surface area contributed by atoms with E-state index in [9.17, 15) is 4.79 Å². The second kappa shape index (κ2) is 7.19. The van der Waals surface area contributed by atoms with Gasteiger partial charge in [0.25, 0.3) is 0 Å². The lowest BCUT2D eigenvalue weighted by Gasteiger charge is -2.12. The van der Waals surface area contributed by atoms with E-state index < -0.39 is 0 Å². The van der Waals surface area contributed by atoms with Crippen LogP contribution in [0, 0.1) is 0 Å². The van der Waals surface area contributed by atoms with Crippen LogP contribution >= 0.6 is 23.5 Å². The van der Waals surface area contributed by atoms with Crippen LogP contribution in [0.4, 0.5) is 5.69 Å². The molecule has 0 spiro atoms. The van der Waals surface area contributed by atoms with Gasteiger partial charge in [-0.05, 0) is 24.5 Å². The number of amides is 1. The molecule has 7 heteroatoms. The summed E-state index contributed by atoms with van der Waals surface area (Å²) in [6.45, 7) is 6.19. The van der Waals surface area contributed by atoms with E-state index in [0.29, 0.717) is 5.16 Å². The van der Waals surface area contributed by atoms with Crippen LogP contribution in [0.25, 0.3) is 0 Å². The predicted octanol–water partition coefficient (Wildman–Crippen LogP) is 3.55. The second-order valence-corrected chi connectivity index (χ2v) is 7.61. The molecule has 0 aliphatic heterocycles. The monoisotopic (exact) mass is 336 g/mol. The highest BCUT2D eigenvalue weighted by Gasteiger charge is 2.19. The van der Waals surface area contributed by atoms with Crippen LogP contribution in [0.3, 0.4) is 0 Å². The molecule has 0 atom stereocenters. The number of benzene rings is 1. The fourth-order valence-electron chi connectivity index (χ4n) is 1.67. The van der Waals surface area contributed by atoms with E-state index in [0.717, 1.165) is 16.4 Å². The number of thioether (sulfide) groups is 2. The number of nitrogens with one attached hydrogen (secondary N) is 2. The average molecular weight is 336 g/mol. The number of rotatable bonds is 5. The summed E-state index contributed by atoms with van der Waals surface area (Å²) >= 11 is 2.97. The SMILES string of the molecule is CSc1cccc(NC(=O)CSc2n[nH]c(C(C)(C)C)n2)c1. The van der Waals surface area contributed by atoms with Crippen molar-refractivity contribution in [2.24, 2.45) is 0 Å². The molecule has 2 N–H and O–H groups in total. The predicted molar refractivity (Wildman–Crippen MR) is 92.7 cm³/mol. The van der Waals surface area contributed by atoms with Gasteiger partial charge in [0.2, 0.25) is 11.1 Å². The summed E-state index contributed by atoms with van der Waals surface area (Å²) in [5, 5.41) is 10.5. The van der Waals surface area contributed by atoms with Crippen molar-refractivity contribution in [1.29, 1.82) is 0 Å². The Morgan fingerprint density at radius 2 is 2.14 bits per heavy atom. The van der Waals surface area contributed by atoms with Gasteiger partial charge in [0.1, 0.15) is 5.82 Å². The van der Waals surface area contributed by atoms with E-state index in [2.05, 4.69) is 41.3 Å². The lowest BCUT2D eigenvalue weighted by atomic mass is 9.96. The Morgan fingerprint density at radius 1 is 1.36 bits per heavy atom. The summed E-state index contributed by atoms with van der Waals surface area (Å²) in [5.74, 6) is 1.04. The maximum absolute atomic E-state index is 12.0. The third-order valence-electron chi connectivity index (χ3n) is 2.86. The van der Waals surface area contributed by atoms with E-state index in [1.807, 2.05) is 30.5 Å².